The van der Waals surface area contributed by atoms with Gasteiger partial charge < -0.3 is 9.84 Å². The van der Waals surface area contributed by atoms with Crippen LogP contribution in [-0.2, 0) is 6.42 Å². The third kappa shape index (κ3) is 5.90. The van der Waals surface area contributed by atoms with Crippen LogP contribution in [0.5, 0.6) is 5.75 Å². The number of ether oxygens (including phenoxy) is 1. The highest BCUT2D eigenvalue weighted by Gasteiger charge is 2.30. The second-order valence-electron chi connectivity index (χ2n) is 10.8. The molecule has 1 N–H and O–H groups in total. The number of aliphatic hydroxyl groups is 1. The van der Waals surface area contributed by atoms with Gasteiger partial charge in [0.2, 0.25) is 5.82 Å². The summed E-state index contributed by atoms with van der Waals surface area (Å²) in [5.41, 5.74) is 1.29. The first-order valence-corrected chi connectivity index (χ1v) is 13.6. The van der Waals surface area contributed by atoms with Gasteiger partial charge in [-0.1, -0.05) is 18.2 Å². The maximum Gasteiger partial charge on any atom is 0.200 e. The summed E-state index contributed by atoms with van der Waals surface area (Å²) in [7, 11) is 0. The minimum atomic E-state index is -0.935. The molecule has 0 radical (unpaired) electrons. The summed E-state index contributed by atoms with van der Waals surface area (Å²) in [5, 5.41) is 9.80. The van der Waals surface area contributed by atoms with Crippen LogP contribution in [0.2, 0.25) is 0 Å². The summed E-state index contributed by atoms with van der Waals surface area (Å²) in [6.07, 6.45) is 7.29. The van der Waals surface area contributed by atoms with E-state index in [-0.39, 0.29) is 36.2 Å². The topological polar surface area (TPSA) is 29.5 Å². The van der Waals surface area contributed by atoms with E-state index in [0.29, 0.717) is 29.0 Å². The van der Waals surface area contributed by atoms with E-state index in [2.05, 4.69) is 0 Å². The Balaban J connectivity index is 1.32. The third-order valence-electron chi connectivity index (χ3n) is 8.57. The average molecular weight is 507 g/mol. The quantitative estimate of drug-likeness (QED) is 0.366. The molecule has 0 aromatic heterocycles. The largest absolute Gasteiger partial charge is 0.491 e. The zero-order chi connectivity index (χ0) is 25.8. The molecule has 0 saturated heterocycles. The van der Waals surface area contributed by atoms with E-state index in [1.54, 1.807) is 32.0 Å². The van der Waals surface area contributed by atoms with Gasteiger partial charge in [0.05, 0.1) is 12.7 Å². The van der Waals surface area contributed by atoms with Crippen molar-refractivity contribution in [1.29, 1.82) is 0 Å². The lowest BCUT2D eigenvalue weighted by molar-refractivity contribution is 0.0963. The van der Waals surface area contributed by atoms with E-state index in [0.717, 1.165) is 57.8 Å². The molecule has 0 bridgehead atoms. The lowest BCUT2D eigenvalue weighted by Gasteiger charge is -2.32. The predicted molar refractivity (Wildman–Crippen MR) is 133 cm³/mol. The van der Waals surface area contributed by atoms with Crippen molar-refractivity contribution >= 4 is 0 Å². The molecule has 0 heterocycles. The molecular weight excluding hydrogens is 468 g/mol. The van der Waals surface area contributed by atoms with Gasteiger partial charge in [-0.25, -0.2) is 13.2 Å². The normalized spacial score (nSPS) is 25.5. The highest BCUT2D eigenvalue weighted by Crippen LogP contribution is 2.42. The van der Waals surface area contributed by atoms with Crippen molar-refractivity contribution in [3.8, 4) is 5.75 Å². The van der Waals surface area contributed by atoms with Crippen LogP contribution in [0.4, 0.5) is 17.6 Å². The van der Waals surface area contributed by atoms with Gasteiger partial charge in [-0.2, -0.15) is 4.39 Å². The summed E-state index contributed by atoms with van der Waals surface area (Å²) >= 11 is 0. The van der Waals surface area contributed by atoms with Crippen molar-refractivity contribution in [2.75, 3.05) is 6.61 Å². The highest BCUT2D eigenvalue weighted by atomic mass is 19.2. The lowest BCUT2D eigenvalue weighted by Crippen LogP contribution is -2.23. The van der Waals surface area contributed by atoms with Crippen molar-refractivity contribution < 1.29 is 27.4 Å². The van der Waals surface area contributed by atoms with Crippen molar-refractivity contribution in [1.82, 2.24) is 0 Å². The summed E-state index contributed by atoms with van der Waals surface area (Å²) in [5.74, 6) is -2.67. The molecule has 1 unspecified atom stereocenters. The van der Waals surface area contributed by atoms with Gasteiger partial charge in [0.15, 0.2) is 23.2 Å². The van der Waals surface area contributed by atoms with Gasteiger partial charge in [0.1, 0.15) is 0 Å². The maximum absolute atomic E-state index is 15.1. The molecule has 0 spiro atoms. The number of aryl methyl sites for hydroxylation is 1. The molecule has 0 aliphatic heterocycles. The number of halogens is 4. The molecule has 2 aliphatic rings. The molecule has 2 nitrogen and oxygen atoms in total. The van der Waals surface area contributed by atoms with E-state index >= 15 is 8.78 Å². The molecule has 2 fully saturated rings. The molecule has 0 amide bonds. The van der Waals surface area contributed by atoms with Crippen LogP contribution < -0.4 is 4.74 Å². The molecule has 6 heteroatoms. The van der Waals surface area contributed by atoms with Crippen molar-refractivity contribution in [2.24, 2.45) is 11.8 Å². The Bertz CT molecular complexity index is 1020. The van der Waals surface area contributed by atoms with Gasteiger partial charge in [-0.05, 0) is 124 Å². The molecule has 2 aromatic rings. The fourth-order valence-electron chi connectivity index (χ4n) is 6.28. The van der Waals surface area contributed by atoms with E-state index in [1.165, 1.54) is 6.07 Å². The molecule has 2 aliphatic carbocycles. The van der Waals surface area contributed by atoms with Crippen molar-refractivity contribution in [2.45, 2.75) is 96.0 Å². The molecule has 1 atom stereocenters. The van der Waals surface area contributed by atoms with E-state index in [9.17, 15) is 13.9 Å². The smallest absolute Gasteiger partial charge is 0.200 e. The van der Waals surface area contributed by atoms with Gasteiger partial charge in [-0.15, -0.1) is 0 Å². The second kappa shape index (κ2) is 12.0. The Morgan fingerprint density at radius 2 is 1.33 bits per heavy atom. The molecular formula is C30H38F4O2. The number of hydrogen-bond donors (Lipinski definition) is 1. The molecule has 4 rings (SSSR count). The SMILES string of the molecule is CCOc1ccc(CCC2CCC(c3ccc(C4CCC(C(C)O)CC4)c(F)c3F)CC2)c(F)c1F. The first-order chi connectivity index (χ1) is 17.3. The van der Waals surface area contributed by atoms with Gasteiger partial charge in [0, 0.05) is 0 Å². The number of hydrogen-bond acceptors (Lipinski definition) is 2. The maximum atomic E-state index is 15.1. The highest BCUT2D eigenvalue weighted by molar-refractivity contribution is 5.33. The van der Waals surface area contributed by atoms with Crippen LogP contribution in [0.3, 0.4) is 0 Å². The Hall–Kier alpha value is -2.08. The Morgan fingerprint density at radius 3 is 1.86 bits per heavy atom. The Kier molecular flexibility index (Phi) is 8.97. The minimum Gasteiger partial charge on any atom is -0.491 e. The number of aliphatic hydroxyl groups excluding tert-OH is 1. The van der Waals surface area contributed by atoms with Crippen LogP contribution in [0.15, 0.2) is 24.3 Å². The Morgan fingerprint density at radius 1 is 0.778 bits per heavy atom. The van der Waals surface area contributed by atoms with Crippen LogP contribution in [-0.4, -0.2) is 17.8 Å². The minimum absolute atomic E-state index is 0.00659. The van der Waals surface area contributed by atoms with Gasteiger partial charge >= 0.3 is 0 Å². The molecule has 36 heavy (non-hydrogen) atoms. The van der Waals surface area contributed by atoms with Crippen molar-refractivity contribution in [3.63, 3.8) is 0 Å². The summed E-state index contributed by atoms with van der Waals surface area (Å²) in [4.78, 5) is 0. The van der Waals surface area contributed by atoms with E-state index in [4.69, 9.17) is 4.74 Å². The lowest BCUT2D eigenvalue weighted by atomic mass is 9.74. The fraction of sp³-hybridized carbons (Fsp3) is 0.600. The summed E-state index contributed by atoms with van der Waals surface area (Å²) < 4.78 is 63.9. The number of rotatable bonds is 8. The Labute approximate surface area is 212 Å². The second-order valence-corrected chi connectivity index (χ2v) is 10.8. The van der Waals surface area contributed by atoms with E-state index < -0.39 is 23.3 Å². The standard InChI is InChI=1S/C30H38F4O2/c1-3-36-26-17-14-23(27(31)30(26)34)9-6-19-4-7-21(8-5-19)24-15-16-25(29(33)28(24)32)22-12-10-20(11-13-22)18(2)35/h14-22,35H,3-13H2,1-2H3. The van der Waals surface area contributed by atoms with Gasteiger partial charge in [0.25, 0.3) is 0 Å². The zero-order valence-corrected chi connectivity index (χ0v) is 21.3. The molecule has 198 valence electrons. The number of benzene rings is 2. The summed E-state index contributed by atoms with van der Waals surface area (Å²) in [6.45, 7) is 3.80. The first-order valence-electron chi connectivity index (χ1n) is 13.6. The van der Waals surface area contributed by atoms with Crippen molar-refractivity contribution in [3.05, 3.63) is 64.2 Å². The third-order valence-corrected chi connectivity index (χ3v) is 8.57. The predicted octanol–water partition coefficient (Wildman–Crippen LogP) is 8.20. The zero-order valence-electron chi connectivity index (χ0n) is 21.3. The van der Waals surface area contributed by atoms with Crippen LogP contribution in [0.25, 0.3) is 0 Å². The van der Waals surface area contributed by atoms with Crippen LogP contribution >= 0.6 is 0 Å². The first kappa shape index (κ1) is 27.0. The van der Waals surface area contributed by atoms with E-state index in [1.807, 2.05) is 0 Å². The molecule has 2 aromatic carbocycles. The van der Waals surface area contributed by atoms with Gasteiger partial charge in [-0.3, -0.25) is 0 Å². The fourth-order valence-corrected chi connectivity index (χ4v) is 6.28. The van der Waals surface area contributed by atoms with Crippen LogP contribution in [0.1, 0.15) is 100 Å². The monoisotopic (exact) mass is 506 g/mol. The van der Waals surface area contributed by atoms with Crippen LogP contribution in [0, 0.1) is 35.1 Å². The average Bonchev–Trinajstić information content (AvgIpc) is 2.88. The molecule has 2 saturated carbocycles. The summed E-state index contributed by atoms with van der Waals surface area (Å²) in [6, 6.07) is 6.62.